The number of nitrogens with zero attached hydrogens (tertiary/aromatic N) is 6. The normalized spacial score (nSPS) is 15.0. The Morgan fingerprint density at radius 1 is 1.00 bits per heavy atom. The van der Waals surface area contributed by atoms with E-state index in [-0.39, 0.29) is 10.6 Å². The van der Waals surface area contributed by atoms with Gasteiger partial charge in [-0.3, -0.25) is 10.1 Å². The number of benzene rings is 2. The molecule has 0 N–H and O–H groups in total. The van der Waals surface area contributed by atoms with Gasteiger partial charge >= 0.3 is 0 Å². The van der Waals surface area contributed by atoms with Crippen molar-refractivity contribution < 1.29 is 4.92 Å². The average molecular weight is 382 g/mol. The van der Waals surface area contributed by atoms with Gasteiger partial charge in [0.25, 0.3) is 5.69 Å². The van der Waals surface area contributed by atoms with Crippen LogP contribution in [0.3, 0.4) is 0 Å². The topological polar surface area (TPSA) is 90.0 Å². The average Bonchev–Trinajstić information content (AvgIpc) is 3.24. The smallest absolute Gasteiger partial charge is 0.269 e. The maximum atomic E-state index is 10.7. The SMILES string of the molecule is O=[N+]([O-])c1ccc(SC2CCN(c3ccc(-n4cnnn4)cc3)CC2)cc1. The highest BCUT2D eigenvalue weighted by molar-refractivity contribution is 8.00. The van der Waals surface area contributed by atoms with Crippen LogP contribution in [0.25, 0.3) is 5.69 Å². The van der Waals surface area contributed by atoms with E-state index in [1.165, 1.54) is 5.69 Å². The van der Waals surface area contributed by atoms with Crippen LogP contribution >= 0.6 is 11.8 Å². The lowest BCUT2D eigenvalue weighted by Crippen LogP contribution is -2.34. The zero-order valence-electron chi connectivity index (χ0n) is 14.5. The Labute approximate surface area is 160 Å². The lowest BCUT2D eigenvalue weighted by molar-refractivity contribution is -0.384. The Bertz CT molecular complexity index is 891. The second kappa shape index (κ2) is 7.75. The van der Waals surface area contributed by atoms with Crippen molar-refractivity contribution in [3.8, 4) is 5.69 Å². The van der Waals surface area contributed by atoms with Crippen LogP contribution in [0.1, 0.15) is 12.8 Å². The molecule has 1 saturated heterocycles. The van der Waals surface area contributed by atoms with Crippen molar-refractivity contribution in [2.24, 2.45) is 0 Å². The summed E-state index contributed by atoms with van der Waals surface area (Å²) in [6.07, 6.45) is 3.74. The summed E-state index contributed by atoms with van der Waals surface area (Å²) in [4.78, 5) is 13.9. The monoisotopic (exact) mass is 382 g/mol. The molecule has 0 spiro atoms. The van der Waals surface area contributed by atoms with E-state index >= 15 is 0 Å². The Kier molecular flexibility index (Phi) is 5.01. The highest BCUT2D eigenvalue weighted by Crippen LogP contribution is 2.32. The molecule has 1 aliphatic rings. The maximum absolute atomic E-state index is 10.7. The van der Waals surface area contributed by atoms with Crippen LogP contribution in [0.2, 0.25) is 0 Å². The van der Waals surface area contributed by atoms with Crippen molar-refractivity contribution in [1.82, 2.24) is 20.2 Å². The van der Waals surface area contributed by atoms with Crippen LogP contribution < -0.4 is 4.90 Å². The summed E-state index contributed by atoms with van der Waals surface area (Å²) in [5.41, 5.74) is 2.28. The summed E-state index contributed by atoms with van der Waals surface area (Å²) in [6, 6.07) is 15.1. The van der Waals surface area contributed by atoms with E-state index in [4.69, 9.17) is 0 Å². The Morgan fingerprint density at radius 2 is 1.67 bits per heavy atom. The molecule has 8 nitrogen and oxygen atoms in total. The lowest BCUT2D eigenvalue weighted by atomic mass is 10.1. The molecule has 4 rings (SSSR count). The molecule has 1 aromatic heterocycles. The Morgan fingerprint density at radius 3 is 2.26 bits per heavy atom. The third kappa shape index (κ3) is 4.08. The molecular weight excluding hydrogens is 364 g/mol. The molecule has 0 atom stereocenters. The molecule has 2 aromatic carbocycles. The number of nitro benzene ring substituents is 1. The first-order valence-corrected chi connectivity index (χ1v) is 9.56. The van der Waals surface area contributed by atoms with Crippen LogP contribution in [0.15, 0.2) is 59.8 Å². The first kappa shape index (κ1) is 17.5. The number of nitro groups is 1. The molecule has 1 fully saturated rings. The fourth-order valence-electron chi connectivity index (χ4n) is 3.17. The quantitative estimate of drug-likeness (QED) is 0.494. The number of hydrogen-bond donors (Lipinski definition) is 0. The van der Waals surface area contributed by atoms with Crippen LogP contribution in [0.5, 0.6) is 0 Å². The molecule has 27 heavy (non-hydrogen) atoms. The molecule has 0 saturated carbocycles. The number of aromatic nitrogens is 4. The summed E-state index contributed by atoms with van der Waals surface area (Å²) in [7, 11) is 0. The van der Waals surface area contributed by atoms with Gasteiger partial charge in [0.05, 0.1) is 10.6 Å². The van der Waals surface area contributed by atoms with Crippen molar-refractivity contribution >= 4 is 23.1 Å². The van der Waals surface area contributed by atoms with E-state index in [9.17, 15) is 10.1 Å². The number of hydrogen-bond acceptors (Lipinski definition) is 7. The molecular formula is C18H18N6O2S. The van der Waals surface area contributed by atoms with Gasteiger partial charge in [0, 0.05) is 41.1 Å². The molecule has 0 aliphatic carbocycles. The van der Waals surface area contributed by atoms with Crippen LogP contribution in [-0.4, -0.2) is 43.5 Å². The molecule has 0 amide bonds. The van der Waals surface area contributed by atoms with E-state index in [1.807, 2.05) is 36.0 Å². The van der Waals surface area contributed by atoms with Crippen molar-refractivity contribution in [3.63, 3.8) is 0 Å². The number of piperidine rings is 1. The number of rotatable bonds is 5. The predicted octanol–water partition coefficient (Wildman–Crippen LogP) is 3.33. The molecule has 1 aliphatic heterocycles. The van der Waals surface area contributed by atoms with Crippen molar-refractivity contribution in [3.05, 3.63) is 65.0 Å². The highest BCUT2D eigenvalue weighted by atomic mass is 32.2. The minimum Gasteiger partial charge on any atom is -0.371 e. The van der Waals surface area contributed by atoms with E-state index in [0.717, 1.165) is 36.5 Å². The van der Waals surface area contributed by atoms with Gasteiger partial charge in [-0.2, -0.15) is 0 Å². The third-order valence-corrected chi connectivity index (χ3v) is 5.97. The van der Waals surface area contributed by atoms with E-state index in [2.05, 4.69) is 32.6 Å². The van der Waals surface area contributed by atoms with E-state index in [1.54, 1.807) is 23.1 Å². The van der Waals surface area contributed by atoms with Crippen molar-refractivity contribution in [1.29, 1.82) is 0 Å². The van der Waals surface area contributed by atoms with Crippen LogP contribution in [-0.2, 0) is 0 Å². The summed E-state index contributed by atoms with van der Waals surface area (Å²) >= 11 is 1.81. The molecule has 0 unspecified atom stereocenters. The van der Waals surface area contributed by atoms with Gasteiger partial charge in [0.15, 0.2) is 0 Å². The van der Waals surface area contributed by atoms with Gasteiger partial charge in [-0.25, -0.2) is 4.68 Å². The molecule has 2 heterocycles. The third-order valence-electron chi connectivity index (χ3n) is 4.62. The molecule has 0 radical (unpaired) electrons. The maximum Gasteiger partial charge on any atom is 0.269 e. The van der Waals surface area contributed by atoms with Crippen molar-refractivity contribution in [2.45, 2.75) is 23.0 Å². The largest absolute Gasteiger partial charge is 0.371 e. The summed E-state index contributed by atoms with van der Waals surface area (Å²) in [5, 5.41) is 22.5. The molecule has 138 valence electrons. The predicted molar refractivity (Wildman–Crippen MR) is 103 cm³/mol. The summed E-state index contributed by atoms with van der Waals surface area (Å²) in [6.45, 7) is 1.99. The number of tetrazole rings is 1. The second-order valence-electron chi connectivity index (χ2n) is 6.33. The van der Waals surface area contributed by atoms with Gasteiger partial charge in [0.2, 0.25) is 0 Å². The Balaban J connectivity index is 1.32. The van der Waals surface area contributed by atoms with Gasteiger partial charge in [0.1, 0.15) is 6.33 Å². The van der Waals surface area contributed by atoms with Gasteiger partial charge < -0.3 is 4.90 Å². The highest BCUT2D eigenvalue weighted by Gasteiger charge is 2.20. The fourth-order valence-corrected chi connectivity index (χ4v) is 4.29. The van der Waals surface area contributed by atoms with Crippen LogP contribution in [0.4, 0.5) is 11.4 Å². The summed E-state index contributed by atoms with van der Waals surface area (Å²) < 4.78 is 1.64. The summed E-state index contributed by atoms with van der Waals surface area (Å²) in [5.74, 6) is 0. The van der Waals surface area contributed by atoms with Crippen molar-refractivity contribution in [2.75, 3.05) is 18.0 Å². The zero-order valence-corrected chi connectivity index (χ0v) is 15.3. The van der Waals surface area contributed by atoms with E-state index in [0.29, 0.717) is 5.25 Å². The first-order chi connectivity index (χ1) is 13.2. The number of thioether (sulfide) groups is 1. The lowest BCUT2D eigenvalue weighted by Gasteiger charge is -2.33. The number of non-ortho nitro benzene ring substituents is 1. The molecule has 0 bridgehead atoms. The Hall–Kier alpha value is -2.94. The van der Waals surface area contributed by atoms with E-state index < -0.39 is 0 Å². The minimum atomic E-state index is -0.363. The second-order valence-corrected chi connectivity index (χ2v) is 7.70. The minimum absolute atomic E-state index is 0.138. The van der Waals surface area contributed by atoms with Gasteiger partial charge in [-0.05, 0) is 59.7 Å². The number of anilines is 1. The molecule has 9 heteroatoms. The first-order valence-electron chi connectivity index (χ1n) is 8.68. The van der Waals surface area contributed by atoms with Crippen LogP contribution in [0, 0.1) is 10.1 Å². The fraction of sp³-hybridized carbons (Fsp3) is 0.278. The standard InChI is InChI=1S/C18H18N6O2S/c25-24(26)16-5-7-17(8-6-16)27-18-9-11-22(12-10-18)14-1-3-15(4-2-14)23-13-19-20-21-23/h1-8,13,18H,9-12H2. The van der Waals surface area contributed by atoms with Gasteiger partial charge in [-0.1, -0.05) is 0 Å². The zero-order chi connectivity index (χ0) is 18.6. The molecule has 3 aromatic rings. The van der Waals surface area contributed by atoms with Gasteiger partial charge in [-0.15, -0.1) is 16.9 Å².